The van der Waals surface area contributed by atoms with Gasteiger partial charge in [-0.15, -0.1) is 0 Å². The van der Waals surface area contributed by atoms with Crippen molar-refractivity contribution in [1.29, 1.82) is 0 Å². The summed E-state index contributed by atoms with van der Waals surface area (Å²) in [5, 5.41) is 0. The van der Waals surface area contributed by atoms with E-state index in [1.54, 1.807) is 0 Å². The summed E-state index contributed by atoms with van der Waals surface area (Å²) in [4.78, 5) is 10.9. The summed E-state index contributed by atoms with van der Waals surface area (Å²) in [6, 6.07) is 10.2. The fourth-order valence-corrected chi connectivity index (χ4v) is 2.10. The van der Waals surface area contributed by atoms with E-state index in [9.17, 15) is 0 Å². The molecule has 2 heterocycles. The molecule has 0 aliphatic heterocycles. The highest BCUT2D eigenvalue weighted by atomic mass is 15.1. The monoisotopic (exact) mass is 256 g/mol. The second kappa shape index (κ2) is 6.41. The zero-order valence-corrected chi connectivity index (χ0v) is 11.5. The summed E-state index contributed by atoms with van der Waals surface area (Å²) in [5.74, 6) is 0. The van der Waals surface area contributed by atoms with Crippen LogP contribution in [0.15, 0.2) is 42.7 Å². The first-order chi connectivity index (χ1) is 9.20. The number of aromatic nitrogens is 2. The van der Waals surface area contributed by atoms with E-state index >= 15 is 0 Å². The summed E-state index contributed by atoms with van der Waals surface area (Å²) in [7, 11) is 2.06. The summed E-state index contributed by atoms with van der Waals surface area (Å²) < 4.78 is 0. The smallest absolute Gasteiger partial charge is 0.0544 e. The van der Waals surface area contributed by atoms with Crippen molar-refractivity contribution in [2.24, 2.45) is 5.73 Å². The van der Waals surface area contributed by atoms with E-state index in [1.807, 2.05) is 43.6 Å². The summed E-state index contributed by atoms with van der Waals surface area (Å²) in [6.45, 7) is 3.32. The Morgan fingerprint density at radius 1 is 1.21 bits per heavy atom. The Bertz CT molecular complexity index is 495. The maximum absolute atomic E-state index is 5.91. The van der Waals surface area contributed by atoms with E-state index in [4.69, 9.17) is 5.73 Å². The molecule has 0 aliphatic rings. The topological polar surface area (TPSA) is 55.0 Å². The second-order valence-electron chi connectivity index (χ2n) is 4.72. The SMILES string of the molecule is Cc1ccc(C(CN)N(C)Cc2ccccn2)cn1. The molecule has 100 valence electrons. The van der Waals surface area contributed by atoms with E-state index in [2.05, 4.69) is 28.0 Å². The highest BCUT2D eigenvalue weighted by Gasteiger charge is 2.16. The Morgan fingerprint density at radius 3 is 2.63 bits per heavy atom. The lowest BCUT2D eigenvalue weighted by Crippen LogP contribution is -2.30. The highest BCUT2D eigenvalue weighted by Crippen LogP contribution is 2.19. The highest BCUT2D eigenvalue weighted by molar-refractivity contribution is 5.18. The summed E-state index contributed by atoms with van der Waals surface area (Å²) in [5.41, 5.74) is 9.12. The largest absolute Gasteiger partial charge is 0.329 e. The van der Waals surface area contributed by atoms with Gasteiger partial charge >= 0.3 is 0 Å². The van der Waals surface area contributed by atoms with Crippen molar-refractivity contribution in [3.63, 3.8) is 0 Å². The van der Waals surface area contributed by atoms with Crippen molar-refractivity contribution >= 4 is 0 Å². The molecule has 0 spiro atoms. The summed E-state index contributed by atoms with van der Waals surface area (Å²) >= 11 is 0. The fourth-order valence-electron chi connectivity index (χ4n) is 2.10. The molecule has 4 heteroatoms. The molecule has 0 radical (unpaired) electrons. The van der Waals surface area contributed by atoms with Crippen molar-refractivity contribution in [3.05, 3.63) is 59.7 Å². The molecule has 0 amide bonds. The van der Waals surface area contributed by atoms with Crippen LogP contribution in [0.5, 0.6) is 0 Å². The van der Waals surface area contributed by atoms with Crippen LogP contribution in [0.1, 0.15) is 23.0 Å². The van der Waals surface area contributed by atoms with Gasteiger partial charge in [-0.25, -0.2) is 0 Å². The predicted octanol–water partition coefficient (Wildman–Crippen LogP) is 1.92. The van der Waals surface area contributed by atoms with Gasteiger partial charge in [0.15, 0.2) is 0 Å². The van der Waals surface area contributed by atoms with Gasteiger partial charge in [0.25, 0.3) is 0 Å². The average molecular weight is 256 g/mol. The van der Waals surface area contributed by atoms with E-state index < -0.39 is 0 Å². The molecule has 0 bridgehead atoms. The molecule has 1 unspecified atom stereocenters. The van der Waals surface area contributed by atoms with Crippen LogP contribution in [0.3, 0.4) is 0 Å². The molecule has 2 aromatic heterocycles. The Hall–Kier alpha value is -1.78. The average Bonchev–Trinajstić information content (AvgIpc) is 2.43. The molecule has 0 aliphatic carbocycles. The minimum Gasteiger partial charge on any atom is -0.329 e. The van der Waals surface area contributed by atoms with Gasteiger partial charge < -0.3 is 5.73 Å². The Kier molecular flexibility index (Phi) is 4.60. The van der Waals surface area contributed by atoms with Crippen LogP contribution >= 0.6 is 0 Å². The molecule has 2 N–H and O–H groups in total. The van der Waals surface area contributed by atoms with Gasteiger partial charge in [-0.2, -0.15) is 0 Å². The predicted molar refractivity (Wildman–Crippen MR) is 76.5 cm³/mol. The van der Waals surface area contributed by atoms with Crippen LogP contribution in [0.2, 0.25) is 0 Å². The maximum atomic E-state index is 5.91. The number of nitrogens with two attached hydrogens (primary N) is 1. The quantitative estimate of drug-likeness (QED) is 0.888. The van der Waals surface area contributed by atoms with Gasteiger partial charge in [0.2, 0.25) is 0 Å². The second-order valence-corrected chi connectivity index (χ2v) is 4.72. The maximum Gasteiger partial charge on any atom is 0.0544 e. The molecule has 0 aromatic carbocycles. The molecule has 2 rings (SSSR count). The van der Waals surface area contributed by atoms with Crippen LogP contribution < -0.4 is 5.73 Å². The van der Waals surface area contributed by atoms with Crippen molar-refractivity contribution in [2.45, 2.75) is 19.5 Å². The Morgan fingerprint density at radius 2 is 2.05 bits per heavy atom. The van der Waals surface area contributed by atoms with E-state index in [0.717, 1.165) is 23.5 Å². The first-order valence-electron chi connectivity index (χ1n) is 6.43. The molecule has 19 heavy (non-hydrogen) atoms. The number of rotatable bonds is 5. The van der Waals surface area contributed by atoms with Crippen LogP contribution in [0.4, 0.5) is 0 Å². The van der Waals surface area contributed by atoms with Crippen molar-refractivity contribution < 1.29 is 0 Å². The van der Waals surface area contributed by atoms with Crippen molar-refractivity contribution in [1.82, 2.24) is 14.9 Å². The third-order valence-electron chi connectivity index (χ3n) is 3.21. The summed E-state index contributed by atoms with van der Waals surface area (Å²) in [6.07, 6.45) is 3.72. The molecular formula is C15H20N4. The first-order valence-corrected chi connectivity index (χ1v) is 6.43. The number of aryl methyl sites for hydroxylation is 1. The standard InChI is InChI=1S/C15H20N4/c1-12-6-7-13(10-18-12)15(9-16)19(2)11-14-5-3-4-8-17-14/h3-8,10,15H,9,11,16H2,1-2H3. The minimum absolute atomic E-state index is 0.162. The number of pyridine rings is 2. The molecule has 4 nitrogen and oxygen atoms in total. The van der Waals surface area contributed by atoms with Gasteiger partial charge in [0, 0.05) is 37.2 Å². The first kappa shape index (κ1) is 13.6. The van der Waals surface area contributed by atoms with Gasteiger partial charge in [0.05, 0.1) is 5.69 Å². The fraction of sp³-hybridized carbons (Fsp3) is 0.333. The van der Waals surface area contributed by atoms with E-state index in [-0.39, 0.29) is 6.04 Å². The molecule has 0 saturated carbocycles. The van der Waals surface area contributed by atoms with E-state index in [0.29, 0.717) is 6.54 Å². The van der Waals surface area contributed by atoms with Gasteiger partial charge in [0.1, 0.15) is 0 Å². The van der Waals surface area contributed by atoms with Gasteiger partial charge in [-0.1, -0.05) is 12.1 Å². The number of likely N-dealkylation sites (N-methyl/N-ethyl adjacent to an activating group) is 1. The number of nitrogens with zero attached hydrogens (tertiary/aromatic N) is 3. The Labute approximate surface area is 114 Å². The van der Waals surface area contributed by atoms with Gasteiger partial charge in [-0.05, 0) is 37.7 Å². The van der Waals surface area contributed by atoms with Gasteiger partial charge in [-0.3, -0.25) is 14.9 Å². The van der Waals surface area contributed by atoms with Crippen LogP contribution in [-0.4, -0.2) is 28.5 Å². The molecular weight excluding hydrogens is 236 g/mol. The lowest BCUT2D eigenvalue weighted by Gasteiger charge is -2.26. The molecule has 0 fully saturated rings. The van der Waals surface area contributed by atoms with Crippen molar-refractivity contribution in [2.75, 3.05) is 13.6 Å². The molecule has 2 aromatic rings. The lowest BCUT2D eigenvalue weighted by molar-refractivity contribution is 0.238. The normalized spacial score (nSPS) is 12.6. The van der Waals surface area contributed by atoms with Crippen LogP contribution in [-0.2, 0) is 6.54 Å². The number of hydrogen-bond donors (Lipinski definition) is 1. The zero-order valence-electron chi connectivity index (χ0n) is 11.5. The zero-order chi connectivity index (χ0) is 13.7. The Balaban J connectivity index is 2.11. The van der Waals surface area contributed by atoms with E-state index in [1.165, 1.54) is 0 Å². The van der Waals surface area contributed by atoms with Crippen LogP contribution in [0, 0.1) is 6.92 Å². The lowest BCUT2D eigenvalue weighted by atomic mass is 10.1. The van der Waals surface area contributed by atoms with Crippen molar-refractivity contribution in [3.8, 4) is 0 Å². The molecule has 1 atom stereocenters. The third-order valence-corrected chi connectivity index (χ3v) is 3.21. The number of hydrogen-bond acceptors (Lipinski definition) is 4. The van der Waals surface area contributed by atoms with Crippen LogP contribution in [0.25, 0.3) is 0 Å². The minimum atomic E-state index is 0.162. The third kappa shape index (κ3) is 3.59. The molecule has 0 saturated heterocycles.